The van der Waals surface area contributed by atoms with Crippen LogP contribution >= 0.6 is 11.6 Å². The number of nitrogens with zero attached hydrogens (tertiary/aromatic N) is 2. The molecule has 0 aliphatic carbocycles. The molecule has 0 atom stereocenters. The number of fused-ring (bicyclic) bond motifs is 1. The molecule has 170 valence electrons. The fourth-order valence-corrected chi connectivity index (χ4v) is 3.85. The van der Waals surface area contributed by atoms with Crippen molar-refractivity contribution in [3.05, 3.63) is 93.8 Å². The van der Waals surface area contributed by atoms with Crippen molar-refractivity contribution in [3.8, 4) is 0 Å². The van der Waals surface area contributed by atoms with Crippen molar-refractivity contribution in [1.82, 2.24) is 4.90 Å². The van der Waals surface area contributed by atoms with Crippen LogP contribution in [0.4, 0.5) is 29.3 Å². The Labute approximate surface area is 193 Å². The summed E-state index contributed by atoms with van der Waals surface area (Å²) < 4.78 is 40.9. The van der Waals surface area contributed by atoms with Crippen LogP contribution < -0.4 is 10.2 Å². The minimum Gasteiger partial charge on any atom is -0.320 e. The third-order valence-corrected chi connectivity index (χ3v) is 5.50. The van der Waals surface area contributed by atoms with Crippen LogP contribution in [-0.4, -0.2) is 23.4 Å². The number of amides is 3. The molecule has 0 radical (unpaired) electrons. The molecular formula is C24H19ClF3N3O2. The molecule has 0 bridgehead atoms. The van der Waals surface area contributed by atoms with Gasteiger partial charge >= 0.3 is 6.03 Å². The summed E-state index contributed by atoms with van der Waals surface area (Å²) in [5, 5.41) is 2.56. The average molecular weight is 474 g/mol. The molecule has 1 aliphatic rings. The predicted molar refractivity (Wildman–Crippen MR) is 120 cm³/mol. The van der Waals surface area contributed by atoms with Gasteiger partial charge in [0.1, 0.15) is 18.0 Å². The Hall–Kier alpha value is -3.52. The van der Waals surface area contributed by atoms with Gasteiger partial charge in [0.2, 0.25) is 5.91 Å². The van der Waals surface area contributed by atoms with Crippen LogP contribution in [0.15, 0.2) is 54.6 Å². The molecule has 0 saturated carbocycles. The van der Waals surface area contributed by atoms with E-state index in [1.165, 1.54) is 9.80 Å². The number of carbonyl (C=O) groups is 2. The highest BCUT2D eigenvalue weighted by Gasteiger charge is 2.32. The molecule has 3 aromatic carbocycles. The number of carbonyl (C=O) groups excluding carboxylic acids is 2. The molecule has 3 amide bonds. The summed E-state index contributed by atoms with van der Waals surface area (Å²) in [4.78, 5) is 28.5. The van der Waals surface area contributed by atoms with Gasteiger partial charge in [-0.05, 0) is 36.2 Å². The van der Waals surface area contributed by atoms with Gasteiger partial charge < -0.3 is 10.2 Å². The number of urea groups is 1. The van der Waals surface area contributed by atoms with Crippen molar-refractivity contribution >= 4 is 34.9 Å². The van der Waals surface area contributed by atoms with Gasteiger partial charge in [-0.3, -0.25) is 9.69 Å². The molecule has 0 aromatic heterocycles. The lowest BCUT2D eigenvalue weighted by Gasteiger charge is -2.37. The molecule has 0 saturated heterocycles. The van der Waals surface area contributed by atoms with E-state index in [0.29, 0.717) is 22.8 Å². The van der Waals surface area contributed by atoms with E-state index in [1.54, 1.807) is 18.2 Å². The lowest BCUT2D eigenvalue weighted by Crippen LogP contribution is -2.49. The van der Waals surface area contributed by atoms with Crippen LogP contribution in [0.1, 0.15) is 16.7 Å². The van der Waals surface area contributed by atoms with E-state index in [9.17, 15) is 22.8 Å². The first-order chi connectivity index (χ1) is 15.7. The largest absolute Gasteiger partial charge is 0.325 e. The maximum Gasteiger partial charge on any atom is 0.325 e. The summed E-state index contributed by atoms with van der Waals surface area (Å²) in [5.41, 5.74) is 2.58. The number of hydrogen-bond donors (Lipinski definition) is 1. The van der Waals surface area contributed by atoms with E-state index in [1.807, 2.05) is 31.2 Å². The van der Waals surface area contributed by atoms with E-state index in [-0.39, 0.29) is 13.1 Å². The third-order valence-electron chi connectivity index (χ3n) is 5.26. The molecule has 0 unspecified atom stereocenters. The Balaban J connectivity index is 1.58. The van der Waals surface area contributed by atoms with Gasteiger partial charge in [-0.15, -0.1) is 0 Å². The molecule has 0 fully saturated rings. The number of hydrogen-bond acceptors (Lipinski definition) is 2. The van der Waals surface area contributed by atoms with Gasteiger partial charge in [-0.2, -0.15) is 0 Å². The monoisotopic (exact) mass is 473 g/mol. The van der Waals surface area contributed by atoms with E-state index < -0.39 is 41.6 Å². The molecular weight excluding hydrogens is 455 g/mol. The van der Waals surface area contributed by atoms with E-state index in [2.05, 4.69) is 5.32 Å². The highest BCUT2D eigenvalue weighted by Crippen LogP contribution is 2.32. The van der Waals surface area contributed by atoms with Gasteiger partial charge in [0.15, 0.2) is 11.6 Å². The van der Waals surface area contributed by atoms with E-state index in [4.69, 9.17) is 11.6 Å². The first-order valence-electron chi connectivity index (χ1n) is 10.1. The maximum atomic E-state index is 13.9. The summed E-state index contributed by atoms with van der Waals surface area (Å²) >= 11 is 6.13. The van der Waals surface area contributed by atoms with Crippen molar-refractivity contribution in [1.29, 1.82) is 0 Å². The normalized spacial score (nSPS) is 13.2. The second kappa shape index (κ2) is 9.15. The molecule has 9 heteroatoms. The summed E-state index contributed by atoms with van der Waals surface area (Å²) in [6, 6.07) is 13.3. The number of rotatable bonds is 5. The Morgan fingerprint density at radius 1 is 1.03 bits per heavy atom. The lowest BCUT2D eigenvalue weighted by molar-refractivity contribution is -0.116. The molecule has 0 spiro atoms. The fourth-order valence-electron chi connectivity index (χ4n) is 3.66. The first-order valence-corrected chi connectivity index (χ1v) is 10.4. The van der Waals surface area contributed by atoms with E-state index >= 15 is 0 Å². The van der Waals surface area contributed by atoms with E-state index in [0.717, 1.165) is 16.7 Å². The van der Waals surface area contributed by atoms with Crippen molar-refractivity contribution < 1.29 is 22.8 Å². The highest BCUT2D eigenvalue weighted by atomic mass is 35.5. The molecule has 33 heavy (non-hydrogen) atoms. The topological polar surface area (TPSA) is 52.7 Å². The molecule has 4 rings (SSSR count). The molecule has 5 nitrogen and oxygen atoms in total. The Morgan fingerprint density at radius 2 is 1.70 bits per heavy atom. The highest BCUT2D eigenvalue weighted by molar-refractivity contribution is 6.30. The quantitative estimate of drug-likeness (QED) is 0.521. The molecule has 1 N–H and O–H groups in total. The van der Waals surface area contributed by atoms with Crippen LogP contribution in [0.25, 0.3) is 0 Å². The summed E-state index contributed by atoms with van der Waals surface area (Å²) in [6.07, 6.45) is 0. The molecule has 3 aromatic rings. The second-order valence-corrected chi connectivity index (χ2v) is 8.21. The fraction of sp³-hybridized carbons (Fsp3) is 0.167. The summed E-state index contributed by atoms with van der Waals surface area (Å²) in [7, 11) is 0. The number of halogens is 4. The van der Waals surface area contributed by atoms with Crippen LogP contribution in [0.2, 0.25) is 5.02 Å². The maximum absolute atomic E-state index is 13.9. The number of anilines is 2. The van der Waals surface area contributed by atoms with Gasteiger partial charge in [0.05, 0.1) is 18.8 Å². The van der Waals surface area contributed by atoms with Crippen LogP contribution in [0, 0.1) is 24.4 Å². The number of nitrogens with one attached hydrogen (secondary N) is 1. The van der Waals surface area contributed by atoms with Crippen LogP contribution in [-0.2, 0) is 17.9 Å². The Bertz CT molecular complexity index is 1210. The van der Waals surface area contributed by atoms with Gasteiger partial charge in [0.25, 0.3) is 0 Å². The van der Waals surface area contributed by atoms with Crippen molar-refractivity contribution in [2.45, 2.75) is 20.0 Å². The number of aryl methyl sites for hydroxylation is 1. The van der Waals surface area contributed by atoms with Crippen LogP contribution in [0.3, 0.4) is 0 Å². The summed E-state index contributed by atoms with van der Waals surface area (Å²) in [6.45, 7) is 1.83. The SMILES string of the molecule is Cc1ccc(CN2C(=O)N(CC(=O)Nc3c(F)cc(F)cc3F)Cc3cc(Cl)ccc32)cc1. The van der Waals surface area contributed by atoms with Crippen molar-refractivity contribution in [2.75, 3.05) is 16.8 Å². The zero-order valence-corrected chi connectivity index (χ0v) is 18.3. The van der Waals surface area contributed by atoms with Crippen molar-refractivity contribution in [3.63, 3.8) is 0 Å². The zero-order valence-electron chi connectivity index (χ0n) is 17.5. The minimum absolute atomic E-state index is 0.0843. The molecule has 1 heterocycles. The third kappa shape index (κ3) is 4.96. The Morgan fingerprint density at radius 3 is 2.36 bits per heavy atom. The standard InChI is InChI=1S/C24H19ClF3N3O2/c1-14-2-4-15(5-3-14)11-31-21-7-6-17(25)8-16(21)12-30(24(31)33)13-22(32)29-23-19(27)9-18(26)10-20(23)28/h2-10H,11-13H2,1H3,(H,29,32). The second-order valence-electron chi connectivity index (χ2n) is 7.78. The summed E-state index contributed by atoms with van der Waals surface area (Å²) in [5.74, 6) is -4.42. The minimum atomic E-state index is -1.25. The van der Waals surface area contributed by atoms with Crippen LogP contribution in [0.5, 0.6) is 0 Å². The smallest absolute Gasteiger partial charge is 0.320 e. The van der Waals surface area contributed by atoms with Gasteiger partial charge in [-0.1, -0.05) is 41.4 Å². The van der Waals surface area contributed by atoms with Gasteiger partial charge in [-0.25, -0.2) is 18.0 Å². The van der Waals surface area contributed by atoms with Crippen molar-refractivity contribution in [2.24, 2.45) is 0 Å². The lowest BCUT2D eigenvalue weighted by atomic mass is 10.1. The average Bonchev–Trinajstić information content (AvgIpc) is 2.75. The first kappa shape index (κ1) is 22.7. The van der Waals surface area contributed by atoms with Gasteiger partial charge in [0, 0.05) is 17.2 Å². The molecule has 1 aliphatic heterocycles. The number of benzene rings is 3. The predicted octanol–water partition coefficient (Wildman–Crippen LogP) is 5.65. The Kier molecular flexibility index (Phi) is 6.29. The zero-order chi connectivity index (χ0) is 23.7.